The van der Waals surface area contributed by atoms with Crippen LogP contribution >= 0.6 is 0 Å². The molecule has 0 saturated carbocycles. The maximum atomic E-state index is 11.9. The van der Waals surface area contributed by atoms with Crippen LogP contribution in [0, 0.1) is 0 Å². The summed E-state index contributed by atoms with van der Waals surface area (Å²) in [5.74, 6) is 0. The van der Waals surface area contributed by atoms with Crippen molar-refractivity contribution in [1.82, 2.24) is 14.7 Å². The molecule has 0 aromatic carbocycles. The Balaban J connectivity index is 2.08. The zero-order valence-electron chi connectivity index (χ0n) is 9.50. The van der Waals surface area contributed by atoms with Crippen molar-refractivity contribution in [3.8, 4) is 0 Å². The van der Waals surface area contributed by atoms with Crippen molar-refractivity contribution < 1.29 is 13.5 Å². The molecule has 0 aliphatic rings. The molecule has 2 aromatic rings. The minimum absolute atomic E-state index is 0.0995. The summed E-state index contributed by atoms with van der Waals surface area (Å²) in [6.45, 7) is -0.0986. The molecule has 0 saturated heterocycles. The van der Waals surface area contributed by atoms with Crippen LogP contribution in [0.15, 0.2) is 41.6 Å². The van der Waals surface area contributed by atoms with Gasteiger partial charge in [0.25, 0.3) is 0 Å². The zero-order chi connectivity index (χ0) is 13.0. The number of H-pyrrole nitrogens is 1. The molecular weight excluding hydrogens is 254 g/mol. The highest BCUT2D eigenvalue weighted by atomic mass is 32.2. The Labute approximate surface area is 105 Å². The van der Waals surface area contributed by atoms with Gasteiger partial charge < -0.3 is 10.1 Å². The van der Waals surface area contributed by atoms with Crippen LogP contribution in [0.5, 0.6) is 0 Å². The normalized spacial score (nSPS) is 11.6. The summed E-state index contributed by atoms with van der Waals surface area (Å²) in [5.41, 5.74) is 1.09. The van der Waals surface area contributed by atoms with E-state index in [-0.39, 0.29) is 18.0 Å². The molecule has 96 valence electrons. The van der Waals surface area contributed by atoms with Crippen molar-refractivity contribution >= 4 is 10.0 Å². The summed E-state index contributed by atoms with van der Waals surface area (Å²) in [6.07, 6.45) is 2.94. The number of rotatable bonds is 5. The number of nitrogens with zero attached hydrogens (tertiary/aromatic N) is 1. The van der Waals surface area contributed by atoms with E-state index in [1.165, 1.54) is 12.3 Å². The number of pyridine rings is 1. The molecule has 0 bridgehead atoms. The number of hydrogen-bond donors (Lipinski definition) is 3. The second kappa shape index (κ2) is 5.30. The van der Waals surface area contributed by atoms with E-state index in [0.29, 0.717) is 11.4 Å². The molecule has 0 aliphatic carbocycles. The third kappa shape index (κ3) is 2.95. The maximum absolute atomic E-state index is 11.9. The number of nitrogens with one attached hydrogen (secondary N) is 2. The minimum atomic E-state index is -3.58. The summed E-state index contributed by atoms with van der Waals surface area (Å²) >= 11 is 0. The molecule has 0 radical (unpaired) electrons. The maximum Gasteiger partial charge on any atom is 0.242 e. The van der Waals surface area contributed by atoms with Crippen molar-refractivity contribution in [2.24, 2.45) is 0 Å². The van der Waals surface area contributed by atoms with Crippen LogP contribution in [0.25, 0.3) is 0 Å². The number of aliphatic hydroxyl groups excluding tert-OH is 1. The van der Waals surface area contributed by atoms with Gasteiger partial charge in [-0.25, -0.2) is 13.1 Å². The molecule has 2 heterocycles. The number of aromatic amines is 1. The van der Waals surface area contributed by atoms with E-state index < -0.39 is 10.0 Å². The van der Waals surface area contributed by atoms with Gasteiger partial charge in [-0.1, -0.05) is 6.07 Å². The second-order valence-corrected chi connectivity index (χ2v) is 5.43. The van der Waals surface area contributed by atoms with Crippen molar-refractivity contribution in [3.05, 3.63) is 48.0 Å². The van der Waals surface area contributed by atoms with Gasteiger partial charge in [0.1, 0.15) is 0 Å². The molecule has 2 aromatic heterocycles. The van der Waals surface area contributed by atoms with E-state index in [0.717, 1.165) is 0 Å². The number of aliphatic hydroxyl groups is 1. The Hall–Kier alpha value is -1.70. The van der Waals surface area contributed by atoms with Crippen LogP contribution in [-0.4, -0.2) is 23.5 Å². The lowest BCUT2D eigenvalue weighted by Crippen LogP contribution is -2.23. The van der Waals surface area contributed by atoms with Gasteiger partial charge in [-0.05, 0) is 18.2 Å². The summed E-state index contributed by atoms with van der Waals surface area (Å²) in [6, 6.07) is 6.67. The molecule has 18 heavy (non-hydrogen) atoms. The van der Waals surface area contributed by atoms with E-state index in [1.807, 2.05) is 0 Å². The first-order valence-electron chi connectivity index (χ1n) is 5.29. The van der Waals surface area contributed by atoms with Crippen molar-refractivity contribution in [3.63, 3.8) is 0 Å². The fourth-order valence-electron chi connectivity index (χ4n) is 1.42. The number of sulfonamides is 1. The molecular formula is C11H13N3O3S. The van der Waals surface area contributed by atoms with Gasteiger partial charge >= 0.3 is 0 Å². The van der Waals surface area contributed by atoms with Gasteiger partial charge in [0.2, 0.25) is 10.0 Å². The average molecular weight is 267 g/mol. The molecule has 0 spiro atoms. The van der Waals surface area contributed by atoms with E-state index >= 15 is 0 Å². The summed E-state index contributed by atoms with van der Waals surface area (Å²) < 4.78 is 26.2. The molecule has 3 N–H and O–H groups in total. The van der Waals surface area contributed by atoms with E-state index in [9.17, 15) is 8.42 Å². The third-order valence-electron chi connectivity index (χ3n) is 2.37. The van der Waals surface area contributed by atoms with Crippen molar-refractivity contribution in [1.29, 1.82) is 0 Å². The highest BCUT2D eigenvalue weighted by molar-refractivity contribution is 7.89. The first-order valence-corrected chi connectivity index (χ1v) is 6.78. The van der Waals surface area contributed by atoms with Gasteiger partial charge in [0, 0.05) is 18.1 Å². The lowest BCUT2D eigenvalue weighted by atomic mass is 10.4. The highest BCUT2D eigenvalue weighted by Crippen LogP contribution is 2.10. The summed E-state index contributed by atoms with van der Waals surface area (Å²) in [4.78, 5) is 6.80. The van der Waals surface area contributed by atoms with Gasteiger partial charge in [-0.15, -0.1) is 0 Å². The van der Waals surface area contributed by atoms with E-state index in [2.05, 4.69) is 14.7 Å². The van der Waals surface area contributed by atoms with Gasteiger partial charge in [0.15, 0.2) is 0 Å². The van der Waals surface area contributed by atoms with Crippen LogP contribution < -0.4 is 4.72 Å². The lowest BCUT2D eigenvalue weighted by Gasteiger charge is -2.03. The fourth-order valence-corrected chi connectivity index (χ4v) is 2.44. The largest absolute Gasteiger partial charge is 0.390 e. The highest BCUT2D eigenvalue weighted by Gasteiger charge is 2.15. The molecule has 0 fully saturated rings. The fraction of sp³-hybridized carbons (Fsp3) is 0.182. The monoisotopic (exact) mass is 267 g/mol. The van der Waals surface area contributed by atoms with E-state index in [1.54, 1.807) is 24.4 Å². The predicted octanol–water partition coefficient (Wildman–Crippen LogP) is 0.380. The van der Waals surface area contributed by atoms with Crippen LogP contribution in [0.4, 0.5) is 0 Å². The molecule has 0 atom stereocenters. The quantitative estimate of drug-likeness (QED) is 0.730. The number of aromatic nitrogens is 2. The van der Waals surface area contributed by atoms with Gasteiger partial charge in [-0.2, -0.15) is 0 Å². The Morgan fingerprint density at radius 3 is 2.83 bits per heavy atom. The smallest absolute Gasteiger partial charge is 0.242 e. The van der Waals surface area contributed by atoms with Gasteiger partial charge in [-0.3, -0.25) is 4.98 Å². The van der Waals surface area contributed by atoms with Gasteiger partial charge in [0.05, 0.1) is 23.7 Å². The minimum Gasteiger partial charge on any atom is -0.390 e. The van der Waals surface area contributed by atoms with E-state index in [4.69, 9.17) is 5.11 Å². The lowest BCUT2D eigenvalue weighted by molar-refractivity contribution is 0.277. The van der Waals surface area contributed by atoms with Crippen molar-refractivity contribution in [2.45, 2.75) is 18.0 Å². The second-order valence-electron chi connectivity index (χ2n) is 3.66. The van der Waals surface area contributed by atoms with Crippen molar-refractivity contribution in [2.75, 3.05) is 0 Å². The predicted molar refractivity (Wildman–Crippen MR) is 65.0 cm³/mol. The first-order chi connectivity index (χ1) is 8.62. The molecule has 0 aliphatic heterocycles. The third-order valence-corrected chi connectivity index (χ3v) is 3.75. The SMILES string of the molecule is O=S(=O)(NCc1ccccn1)c1c[nH]c(CO)c1. The Bertz CT molecular complexity index is 607. The Kier molecular flexibility index (Phi) is 3.75. The topological polar surface area (TPSA) is 95.1 Å². The Morgan fingerprint density at radius 1 is 1.39 bits per heavy atom. The Morgan fingerprint density at radius 2 is 2.22 bits per heavy atom. The standard InChI is InChI=1S/C11H13N3O3S/c15-8-10-5-11(7-13-10)18(16,17)14-6-9-3-1-2-4-12-9/h1-5,7,13-15H,6,8H2. The average Bonchev–Trinajstić information content (AvgIpc) is 2.87. The molecule has 0 amide bonds. The summed E-state index contributed by atoms with van der Waals surface area (Å²) in [5, 5.41) is 8.87. The number of hydrogen-bond acceptors (Lipinski definition) is 4. The zero-order valence-corrected chi connectivity index (χ0v) is 10.3. The molecule has 0 unspecified atom stereocenters. The molecule has 6 nitrogen and oxygen atoms in total. The van der Waals surface area contributed by atoms with Crippen LogP contribution in [0.3, 0.4) is 0 Å². The van der Waals surface area contributed by atoms with Crippen LogP contribution in [0.2, 0.25) is 0 Å². The first kappa shape index (κ1) is 12.7. The summed E-state index contributed by atoms with van der Waals surface area (Å²) in [7, 11) is -3.58. The van der Waals surface area contributed by atoms with Crippen LogP contribution in [-0.2, 0) is 23.2 Å². The molecule has 2 rings (SSSR count). The van der Waals surface area contributed by atoms with Crippen LogP contribution in [0.1, 0.15) is 11.4 Å². The molecule has 7 heteroatoms.